The molecule has 3 aromatic carbocycles. The molecule has 1 aromatic heterocycles. The van der Waals surface area contributed by atoms with E-state index >= 15 is 0 Å². The number of ether oxygens (including phenoxy) is 2. The van der Waals surface area contributed by atoms with Gasteiger partial charge in [0.15, 0.2) is 5.75 Å². The van der Waals surface area contributed by atoms with Crippen molar-refractivity contribution >= 4 is 33.5 Å². The Morgan fingerprint density at radius 1 is 1.06 bits per heavy atom. The summed E-state index contributed by atoms with van der Waals surface area (Å²) >= 11 is 1.28. The molecular formula is C26H20F2O4S. The highest BCUT2D eigenvalue weighted by Crippen LogP contribution is 2.49. The number of halogens is 2. The minimum absolute atomic E-state index is 0.0812. The fourth-order valence-electron chi connectivity index (χ4n) is 3.40. The number of hydrogen-bond donors (Lipinski definition) is 1. The average Bonchev–Trinajstić information content (AvgIpc) is 3.14. The van der Waals surface area contributed by atoms with Crippen molar-refractivity contribution in [3.05, 3.63) is 83.9 Å². The lowest BCUT2D eigenvalue weighted by molar-refractivity contribution is -0.134. The van der Waals surface area contributed by atoms with E-state index in [-0.39, 0.29) is 11.3 Å². The maximum Gasteiger partial charge on any atom is 0.330 e. The van der Waals surface area contributed by atoms with Gasteiger partial charge in [-0.2, -0.15) is 0 Å². The summed E-state index contributed by atoms with van der Waals surface area (Å²) in [5, 5.41) is 10.6. The Labute approximate surface area is 193 Å². The standard InChI is InChI=1S/C26H20F2O4S/c1-26(27,28)21-6-4-3-5-19(21)25-24(20-13-10-17(29)15-22(20)33-25)32-18-11-7-16(8-12-18)9-14-23(30)31-2/h3-15,29H,1-2H3. The van der Waals surface area contributed by atoms with Crippen LogP contribution in [-0.4, -0.2) is 18.2 Å². The van der Waals surface area contributed by atoms with Gasteiger partial charge in [0.2, 0.25) is 0 Å². The zero-order chi connectivity index (χ0) is 23.6. The van der Waals surface area contributed by atoms with E-state index in [1.165, 1.54) is 36.7 Å². The molecule has 0 radical (unpaired) electrons. The summed E-state index contributed by atoms with van der Waals surface area (Å²) in [4.78, 5) is 11.8. The first-order valence-electron chi connectivity index (χ1n) is 10.0. The highest BCUT2D eigenvalue weighted by atomic mass is 32.1. The van der Waals surface area contributed by atoms with Gasteiger partial charge in [-0.25, -0.2) is 13.6 Å². The van der Waals surface area contributed by atoms with Gasteiger partial charge in [-0.05, 0) is 42.0 Å². The van der Waals surface area contributed by atoms with Crippen LogP contribution in [0.1, 0.15) is 18.1 Å². The maximum absolute atomic E-state index is 14.4. The van der Waals surface area contributed by atoms with Crippen molar-refractivity contribution in [1.82, 2.24) is 0 Å². The normalized spacial score (nSPS) is 11.8. The van der Waals surface area contributed by atoms with Crippen LogP contribution in [0, 0.1) is 0 Å². The summed E-state index contributed by atoms with van der Waals surface area (Å²) < 4.78 is 40.2. The summed E-state index contributed by atoms with van der Waals surface area (Å²) in [5.41, 5.74) is 1.04. The first-order chi connectivity index (χ1) is 15.8. The number of rotatable bonds is 6. The quantitative estimate of drug-likeness (QED) is 0.238. The molecule has 0 amide bonds. The van der Waals surface area contributed by atoms with E-state index in [4.69, 9.17) is 4.74 Å². The molecule has 0 fully saturated rings. The monoisotopic (exact) mass is 466 g/mol. The van der Waals surface area contributed by atoms with Gasteiger partial charge in [0.1, 0.15) is 11.5 Å². The molecule has 4 nitrogen and oxygen atoms in total. The van der Waals surface area contributed by atoms with Crippen molar-refractivity contribution in [3.8, 4) is 27.7 Å². The average molecular weight is 467 g/mol. The minimum Gasteiger partial charge on any atom is -0.508 e. The van der Waals surface area contributed by atoms with E-state index in [1.54, 1.807) is 60.7 Å². The third kappa shape index (κ3) is 4.88. The van der Waals surface area contributed by atoms with Gasteiger partial charge in [-0.1, -0.05) is 36.4 Å². The molecule has 0 saturated heterocycles. The molecule has 33 heavy (non-hydrogen) atoms. The number of carbonyl (C=O) groups is 1. The first kappa shape index (κ1) is 22.5. The van der Waals surface area contributed by atoms with Crippen molar-refractivity contribution in [3.63, 3.8) is 0 Å². The molecule has 0 unspecified atom stereocenters. The highest BCUT2D eigenvalue weighted by Gasteiger charge is 2.30. The van der Waals surface area contributed by atoms with E-state index in [0.717, 1.165) is 12.5 Å². The Kier molecular flexibility index (Phi) is 6.16. The molecule has 0 spiro atoms. The van der Waals surface area contributed by atoms with Crippen LogP contribution < -0.4 is 4.74 Å². The Hall–Kier alpha value is -3.71. The zero-order valence-corrected chi connectivity index (χ0v) is 18.7. The second-order valence-corrected chi connectivity index (χ2v) is 8.45. The largest absolute Gasteiger partial charge is 0.508 e. The minimum atomic E-state index is -3.04. The van der Waals surface area contributed by atoms with E-state index in [0.29, 0.717) is 32.0 Å². The second kappa shape index (κ2) is 9.03. The van der Waals surface area contributed by atoms with E-state index < -0.39 is 11.9 Å². The third-order valence-electron chi connectivity index (χ3n) is 4.99. The van der Waals surface area contributed by atoms with Gasteiger partial charge < -0.3 is 14.6 Å². The number of esters is 1. The van der Waals surface area contributed by atoms with Crippen molar-refractivity contribution in [2.24, 2.45) is 0 Å². The Morgan fingerprint density at radius 2 is 1.79 bits per heavy atom. The number of methoxy groups -OCH3 is 1. The molecular weight excluding hydrogens is 446 g/mol. The van der Waals surface area contributed by atoms with Crippen molar-refractivity contribution in [1.29, 1.82) is 0 Å². The number of carbonyl (C=O) groups excluding carboxylic acids is 1. The molecule has 0 aliphatic rings. The van der Waals surface area contributed by atoms with E-state index in [9.17, 15) is 18.7 Å². The number of phenolic OH excluding ortho intramolecular Hbond substituents is 1. The lowest BCUT2D eigenvalue weighted by Gasteiger charge is -2.16. The van der Waals surface area contributed by atoms with Gasteiger partial charge in [0.25, 0.3) is 5.92 Å². The summed E-state index contributed by atoms with van der Waals surface area (Å²) in [6, 6.07) is 18.2. The van der Waals surface area contributed by atoms with Crippen LogP contribution in [0.3, 0.4) is 0 Å². The van der Waals surface area contributed by atoms with Crippen molar-refractivity contribution in [2.45, 2.75) is 12.8 Å². The molecule has 4 rings (SSSR count). The fraction of sp³-hybridized carbons (Fsp3) is 0.115. The van der Waals surface area contributed by atoms with Crippen LogP contribution in [0.4, 0.5) is 8.78 Å². The Morgan fingerprint density at radius 3 is 2.48 bits per heavy atom. The summed E-state index contributed by atoms with van der Waals surface area (Å²) in [6.07, 6.45) is 2.93. The molecule has 0 aliphatic heterocycles. The molecule has 0 saturated carbocycles. The molecule has 7 heteroatoms. The molecule has 0 aliphatic carbocycles. The molecule has 4 aromatic rings. The molecule has 1 N–H and O–H groups in total. The van der Waals surface area contributed by atoms with Crippen molar-refractivity contribution < 1.29 is 28.2 Å². The summed E-state index contributed by atoms with van der Waals surface area (Å²) in [6.45, 7) is 0.867. The van der Waals surface area contributed by atoms with Crippen LogP contribution in [0.5, 0.6) is 17.2 Å². The van der Waals surface area contributed by atoms with Gasteiger partial charge >= 0.3 is 5.97 Å². The topological polar surface area (TPSA) is 55.8 Å². The first-order valence-corrected chi connectivity index (χ1v) is 10.8. The van der Waals surface area contributed by atoms with E-state index in [2.05, 4.69) is 4.74 Å². The smallest absolute Gasteiger partial charge is 0.330 e. The lowest BCUT2D eigenvalue weighted by atomic mass is 10.0. The number of thiophene rings is 1. The number of phenols is 1. The predicted octanol–water partition coefficient (Wildman–Crippen LogP) is 7.36. The number of benzene rings is 3. The lowest BCUT2D eigenvalue weighted by Crippen LogP contribution is -2.08. The number of aromatic hydroxyl groups is 1. The SMILES string of the molecule is COC(=O)C=Cc1ccc(Oc2c(-c3ccccc3C(C)(F)F)sc3cc(O)ccc23)cc1. The van der Waals surface area contributed by atoms with Crippen molar-refractivity contribution in [2.75, 3.05) is 7.11 Å². The number of hydrogen-bond acceptors (Lipinski definition) is 5. The molecule has 1 heterocycles. The van der Waals surface area contributed by atoms with Crippen LogP contribution in [-0.2, 0) is 15.5 Å². The highest BCUT2D eigenvalue weighted by molar-refractivity contribution is 7.22. The fourth-order valence-corrected chi connectivity index (χ4v) is 4.60. The van der Waals surface area contributed by atoms with Crippen LogP contribution >= 0.6 is 11.3 Å². The summed E-state index contributed by atoms with van der Waals surface area (Å²) in [7, 11) is 1.30. The number of alkyl halides is 2. The molecule has 0 bridgehead atoms. The molecule has 168 valence electrons. The van der Waals surface area contributed by atoms with Gasteiger partial charge in [0, 0.05) is 34.2 Å². The van der Waals surface area contributed by atoms with Gasteiger partial charge in [-0.3, -0.25) is 0 Å². The maximum atomic E-state index is 14.4. The molecule has 0 atom stereocenters. The van der Waals surface area contributed by atoms with Crippen LogP contribution in [0.25, 0.3) is 26.6 Å². The van der Waals surface area contributed by atoms with Crippen LogP contribution in [0.15, 0.2) is 72.8 Å². The van der Waals surface area contributed by atoms with Gasteiger partial charge in [-0.15, -0.1) is 11.3 Å². The Balaban J connectivity index is 1.79. The number of fused-ring (bicyclic) bond motifs is 1. The Bertz CT molecular complexity index is 1330. The van der Waals surface area contributed by atoms with Crippen LogP contribution in [0.2, 0.25) is 0 Å². The third-order valence-corrected chi connectivity index (χ3v) is 6.15. The second-order valence-electron chi connectivity index (χ2n) is 7.40. The zero-order valence-electron chi connectivity index (χ0n) is 17.8. The van der Waals surface area contributed by atoms with E-state index in [1.807, 2.05) is 0 Å². The van der Waals surface area contributed by atoms with Gasteiger partial charge in [0.05, 0.1) is 12.0 Å². The summed E-state index contributed by atoms with van der Waals surface area (Å²) in [5.74, 6) is -2.48. The predicted molar refractivity (Wildman–Crippen MR) is 126 cm³/mol.